The van der Waals surface area contributed by atoms with E-state index >= 15 is 0 Å². The van der Waals surface area contributed by atoms with Crippen molar-refractivity contribution in [3.63, 3.8) is 0 Å². The number of carboxylic acid groups (broad SMARTS) is 1. The van der Waals surface area contributed by atoms with Gasteiger partial charge >= 0.3 is 5.97 Å². The Hall–Kier alpha value is -2.30. The number of anilines is 1. The molecule has 1 aromatic heterocycles. The number of aryl methyl sites for hydroxylation is 2. The quantitative estimate of drug-likeness (QED) is 0.864. The highest BCUT2D eigenvalue weighted by Gasteiger charge is 2.20. The maximum absolute atomic E-state index is 11.3. The zero-order valence-corrected chi connectivity index (χ0v) is 10.3. The van der Waals surface area contributed by atoms with E-state index < -0.39 is 12.0 Å². The van der Waals surface area contributed by atoms with Crippen molar-refractivity contribution in [2.24, 2.45) is 7.05 Å². The van der Waals surface area contributed by atoms with Crippen molar-refractivity contribution < 1.29 is 9.90 Å². The summed E-state index contributed by atoms with van der Waals surface area (Å²) >= 11 is 0. The van der Waals surface area contributed by atoms with Crippen LogP contribution in [0.15, 0.2) is 36.5 Å². The Labute approximate surface area is 105 Å². The van der Waals surface area contributed by atoms with Crippen LogP contribution in [-0.2, 0) is 11.8 Å². The molecule has 0 spiro atoms. The van der Waals surface area contributed by atoms with Crippen molar-refractivity contribution in [3.8, 4) is 0 Å². The number of carboxylic acids is 1. The van der Waals surface area contributed by atoms with Gasteiger partial charge in [-0.25, -0.2) is 4.79 Å². The highest BCUT2D eigenvalue weighted by Crippen LogP contribution is 2.21. The van der Waals surface area contributed by atoms with Gasteiger partial charge in [0.05, 0.1) is 11.4 Å². The summed E-state index contributed by atoms with van der Waals surface area (Å²) in [6.07, 6.45) is 1.77. The number of nitrogens with one attached hydrogen (secondary N) is 1. The van der Waals surface area contributed by atoms with Gasteiger partial charge in [-0.2, -0.15) is 5.10 Å². The fourth-order valence-corrected chi connectivity index (χ4v) is 1.83. The lowest BCUT2D eigenvalue weighted by Gasteiger charge is -2.15. The molecule has 0 aliphatic heterocycles. The number of hydrogen-bond acceptors (Lipinski definition) is 3. The first kappa shape index (κ1) is 12.2. The second-order valence-electron chi connectivity index (χ2n) is 4.13. The SMILES string of the molecule is Cc1nn(C)cc1NC(C(=O)O)c1ccccc1. The van der Waals surface area contributed by atoms with E-state index in [0.717, 1.165) is 11.4 Å². The summed E-state index contributed by atoms with van der Waals surface area (Å²) < 4.78 is 1.65. The monoisotopic (exact) mass is 245 g/mol. The number of carbonyl (C=O) groups is 1. The van der Waals surface area contributed by atoms with E-state index in [0.29, 0.717) is 5.56 Å². The summed E-state index contributed by atoms with van der Waals surface area (Å²) in [6.45, 7) is 1.84. The second-order valence-corrected chi connectivity index (χ2v) is 4.13. The molecule has 5 heteroatoms. The standard InChI is InChI=1S/C13H15N3O2/c1-9-11(8-16(2)15-9)14-12(13(17)18)10-6-4-3-5-7-10/h3-8,12,14H,1-2H3,(H,17,18). The molecule has 1 aromatic carbocycles. The lowest BCUT2D eigenvalue weighted by Crippen LogP contribution is -2.20. The predicted octanol–water partition coefficient (Wildman–Crippen LogP) is 1.97. The van der Waals surface area contributed by atoms with Crippen molar-refractivity contribution in [2.75, 3.05) is 5.32 Å². The van der Waals surface area contributed by atoms with Gasteiger partial charge in [0.25, 0.3) is 0 Å². The first-order chi connectivity index (χ1) is 8.58. The molecular weight excluding hydrogens is 230 g/mol. The second kappa shape index (κ2) is 4.91. The summed E-state index contributed by atoms with van der Waals surface area (Å²) in [7, 11) is 1.80. The lowest BCUT2D eigenvalue weighted by atomic mass is 10.1. The van der Waals surface area contributed by atoms with Gasteiger partial charge in [0.1, 0.15) is 0 Å². The molecule has 0 saturated carbocycles. The highest BCUT2D eigenvalue weighted by molar-refractivity contribution is 5.79. The van der Waals surface area contributed by atoms with Crippen LogP contribution in [0.5, 0.6) is 0 Å². The molecule has 1 heterocycles. The van der Waals surface area contributed by atoms with Gasteiger partial charge in [-0.3, -0.25) is 4.68 Å². The number of aromatic nitrogens is 2. The molecule has 1 atom stereocenters. The van der Waals surface area contributed by atoms with Crippen LogP contribution in [0.25, 0.3) is 0 Å². The Balaban J connectivity index is 2.28. The van der Waals surface area contributed by atoms with Crippen LogP contribution in [0.4, 0.5) is 5.69 Å². The summed E-state index contributed by atoms with van der Waals surface area (Å²) in [5.41, 5.74) is 2.22. The summed E-state index contributed by atoms with van der Waals surface area (Å²) in [6, 6.07) is 8.31. The molecule has 0 bridgehead atoms. The van der Waals surface area contributed by atoms with Crippen molar-refractivity contribution >= 4 is 11.7 Å². The van der Waals surface area contributed by atoms with E-state index in [-0.39, 0.29) is 0 Å². The molecule has 18 heavy (non-hydrogen) atoms. The number of nitrogens with zero attached hydrogens (tertiary/aromatic N) is 2. The van der Waals surface area contributed by atoms with E-state index in [4.69, 9.17) is 0 Å². The first-order valence-electron chi connectivity index (χ1n) is 5.62. The summed E-state index contributed by atoms with van der Waals surface area (Å²) in [4.78, 5) is 11.3. The predicted molar refractivity (Wildman–Crippen MR) is 68.4 cm³/mol. The zero-order chi connectivity index (χ0) is 13.1. The van der Waals surface area contributed by atoms with Gasteiger partial charge in [0.2, 0.25) is 0 Å². The fraction of sp³-hybridized carbons (Fsp3) is 0.231. The van der Waals surface area contributed by atoms with Gasteiger partial charge in [0, 0.05) is 13.2 Å². The van der Waals surface area contributed by atoms with Crippen LogP contribution in [0.2, 0.25) is 0 Å². The molecule has 2 N–H and O–H groups in total. The zero-order valence-electron chi connectivity index (χ0n) is 10.3. The van der Waals surface area contributed by atoms with E-state index in [1.54, 1.807) is 30.1 Å². The number of benzene rings is 1. The van der Waals surface area contributed by atoms with Crippen LogP contribution in [-0.4, -0.2) is 20.9 Å². The largest absolute Gasteiger partial charge is 0.479 e. The molecule has 0 amide bonds. The topological polar surface area (TPSA) is 67.2 Å². The Morgan fingerprint density at radius 2 is 2.06 bits per heavy atom. The van der Waals surface area contributed by atoms with Gasteiger partial charge < -0.3 is 10.4 Å². The van der Waals surface area contributed by atoms with Gasteiger partial charge in [-0.05, 0) is 12.5 Å². The normalized spacial score (nSPS) is 12.1. The van der Waals surface area contributed by atoms with Crippen molar-refractivity contribution in [3.05, 3.63) is 47.8 Å². The molecule has 0 fully saturated rings. The summed E-state index contributed by atoms with van der Waals surface area (Å²) in [5.74, 6) is -0.913. The van der Waals surface area contributed by atoms with E-state index in [2.05, 4.69) is 10.4 Å². The highest BCUT2D eigenvalue weighted by atomic mass is 16.4. The number of aliphatic carboxylic acids is 1. The van der Waals surface area contributed by atoms with Gasteiger partial charge in [-0.1, -0.05) is 30.3 Å². The Bertz CT molecular complexity index is 549. The van der Waals surface area contributed by atoms with Crippen molar-refractivity contribution in [1.29, 1.82) is 0 Å². The minimum Gasteiger partial charge on any atom is -0.479 e. The molecular formula is C13H15N3O2. The first-order valence-corrected chi connectivity index (χ1v) is 5.62. The van der Waals surface area contributed by atoms with Crippen LogP contribution in [0.1, 0.15) is 17.3 Å². The molecule has 5 nitrogen and oxygen atoms in total. The molecule has 0 radical (unpaired) electrons. The lowest BCUT2D eigenvalue weighted by molar-refractivity contribution is -0.138. The molecule has 2 aromatic rings. The van der Waals surface area contributed by atoms with E-state index in [9.17, 15) is 9.90 Å². The molecule has 94 valence electrons. The Morgan fingerprint density at radius 3 is 2.56 bits per heavy atom. The van der Waals surface area contributed by atoms with Gasteiger partial charge in [-0.15, -0.1) is 0 Å². The Morgan fingerprint density at radius 1 is 1.39 bits per heavy atom. The number of hydrogen-bond donors (Lipinski definition) is 2. The summed E-state index contributed by atoms with van der Waals surface area (Å²) in [5, 5.41) is 16.5. The third kappa shape index (κ3) is 2.51. The fourth-order valence-electron chi connectivity index (χ4n) is 1.83. The van der Waals surface area contributed by atoms with Crippen LogP contribution < -0.4 is 5.32 Å². The van der Waals surface area contributed by atoms with Crippen LogP contribution >= 0.6 is 0 Å². The van der Waals surface area contributed by atoms with E-state index in [1.165, 1.54) is 0 Å². The smallest absolute Gasteiger partial charge is 0.330 e. The molecule has 0 saturated heterocycles. The van der Waals surface area contributed by atoms with Gasteiger partial charge in [0.15, 0.2) is 6.04 Å². The molecule has 0 aliphatic rings. The third-order valence-corrected chi connectivity index (χ3v) is 2.69. The molecule has 2 rings (SSSR count). The van der Waals surface area contributed by atoms with E-state index in [1.807, 2.05) is 25.1 Å². The Kier molecular flexibility index (Phi) is 3.32. The maximum Gasteiger partial charge on any atom is 0.330 e. The number of rotatable bonds is 4. The maximum atomic E-state index is 11.3. The van der Waals surface area contributed by atoms with Crippen LogP contribution in [0, 0.1) is 6.92 Å². The van der Waals surface area contributed by atoms with Crippen molar-refractivity contribution in [2.45, 2.75) is 13.0 Å². The minimum atomic E-state index is -0.913. The molecule has 0 aliphatic carbocycles. The molecule has 1 unspecified atom stereocenters. The minimum absolute atomic E-state index is 0.716. The third-order valence-electron chi connectivity index (χ3n) is 2.69. The average Bonchev–Trinajstić information content (AvgIpc) is 2.65. The van der Waals surface area contributed by atoms with Crippen LogP contribution in [0.3, 0.4) is 0 Å². The average molecular weight is 245 g/mol. The van der Waals surface area contributed by atoms with Crippen molar-refractivity contribution in [1.82, 2.24) is 9.78 Å².